The van der Waals surface area contributed by atoms with Crippen LogP contribution in [0.4, 0.5) is 0 Å². The molecule has 0 aliphatic carbocycles. The minimum atomic E-state index is 0.325. The van der Waals surface area contributed by atoms with Crippen LogP contribution in [-0.2, 0) is 28.4 Å². The minimum absolute atomic E-state index is 0.325. The van der Waals surface area contributed by atoms with Gasteiger partial charge in [-0.25, -0.2) is 0 Å². The SMILES string of the molecule is COCCOCCOCCOCCOCC1CO1. The molecule has 1 aliphatic heterocycles. The molecule has 1 rings (SSSR count). The summed E-state index contributed by atoms with van der Waals surface area (Å²) in [6.45, 7) is 6.30. The molecule has 18 heavy (non-hydrogen) atoms. The van der Waals surface area contributed by atoms with Crippen molar-refractivity contribution in [2.24, 2.45) is 0 Å². The molecule has 1 saturated heterocycles. The summed E-state index contributed by atoms with van der Waals surface area (Å²) in [6, 6.07) is 0. The standard InChI is InChI=1S/C12H24O6/c1-13-2-3-14-4-5-15-6-7-16-8-9-17-10-12-11-18-12/h12H,2-11H2,1H3. The summed E-state index contributed by atoms with van der Waals surface area (Å²) >= 11 is 0. The molecule has 1 atom stereocenters. The van der Waals surface area contributed by atoms with E-state index in [0.29, 0.717) is 65.6 Å². The zero-order valence-corrected chi connectivity index (χ0v) is 11.1. The first-order chi connectivity index (χ1) is 8.93. The maximum atomic E-state index is 5.33. The molecular formula is C12H24O6. The predicted molar refractivity (Wildman–Crippen MR) is 64.9 cm³/mol. The van der Waals surface area contributed by atoms with Crippen LogP contribution in [0, 0.1) is 0 Å². The molecule has 1 heterocycles. The van der Waals surface area contributed by atoms with Crippen LogP contribution in [-0.4, -0.2) is 79.3 Å². The average Bonchev–Trinajstić information content (AvgIpc) is 3.19. The minimum Gasteiger partial charge on any atom is -0.382 e. The third-order valence-corrected chi connectivity index (χ3v) is 2.25. The van der Waals surface area contributed by atoms with Crippen LogP contribution in [0.3, 0.4) is 0 Å². The molecule has 0 aromatic carbocycles. The van der Waals surface area contributed by atoms with E-state index in [0.717, 1.165) is 6.61 Å². The third-order valence-electron chi connectivity index (χ3n) is 2.25. The molecule has 0 N–H and O–H groups in total. The average molecular weight is 264 g/mol. The van der Waals surface area contributed by atoms with E-state index in [-0.39, 0.29) is 0 Å². The van der Waals surface area contributed by atoms with Crippen molar-refractivity contribution in [3.05, 3.63) is 0 Å². The largest absolute Gasteiger partial charge is 0.382 e. The summed E-state index contributed by atoms with van der Waals surface area (Å²) < 4.78 is 31.1. The summed E-state index contributed by atoms with van der Waals surface area (Å²) in [7, 11) is 1.65. The molecule has 0 saturated carbocycles. The molecule has 1 unspecified atom stereocenters. The van der Waals surface area contributed by atoms with Gasteiger partial charge < -0.3 is 28.4 Å². The van der Waals surface area contributed by atoms with Gasteiger partial charge in [0.15, 0.2) is 0 Å². The molecular weight excluding hydrogens is 240 g/mol. The Morgan fingerprint density at radius 3 is 1.67 bits per heavy atom. The van der Waals surface area contributed by atoms with Crippen molar-refractivity contribution in [3.8, 4) is 0 Å². The van der Waals surface area contributed by atoms with E-state index >= 15 is 0 Å². The Balaban J connectivity index is 1.60. The van der Waals surface area contributed by atoms with Gasteiger partial charge in [-0.15, -0.1) is 0 Å². The lowest BCUT2D eigenvalue weighted by molar-refractivity contribution is -0.00880. The fraction of sp³-hybridized carbons (Fsp3) is 1.00. The van der Waals surface area contributed by atoms with E-state index in [1.807, 2.05) is 0 Å². The molecule has 108 valence electrons. The van der Waals surface area contributed by atoms with Crippen molar-refractivity contribution in [2.75, 3.05) is 73.2 Å². The van der Waals surface area contributed by atoms with Crippen LogP contribution < -0.4 is 0 Å². The van der Waals surface area contributed by atoms with Gasteiger partial charge in [-0.05, 0) is 0 Å². The quantitative estimate of drug-likeness (QED) is 0.327. The zero-order valence-electron chi connectivity index (χ0n) is 11.1. The Kier molecular flexibility index (Phi) is 10.4. The van der Waals surface area contributed by atoms with Gasteiger partial charge in [-0.3, -0.25) is 0 Å². The molecule has 0 amide bonds. The monoisotopic (exact) mass is 264 g/mol. The van der Waals surface area contributed by atoms with Crippen LogP contribution in [0.2, 0.25) is 0 Å². The lowest BCUT2D eigenvalue weighted by Crippen LogP contribution is -2.13. The fourth-order valence-corrected chi connectivity index (χ4v) is 1.18. The molecule has 0 radical (unpaired) electrons. The predicted octanol–water partition coefficient (Wildman–Crippen LogP) is 0.0980. The highest BCUT2D eigenvalue weighted by atomic mass is 16.6. The van der Waals surface area contributed by atoms with Crippen molar-refractivity contribution >= 4 is 0 Å². The number of methoxy groups -OCH3 is 1. The van der Waals surface area contributed by atoms with Gasteiger partial charge in [-0.1, -0.05) is 0 Å². The molecule has 0 bridgehead atoms. The fourth-order valence-electron chi connectivity index (χ4n) is 1.18. The van der Waals surface area contributed by atoms with Crippen molar-refractivity contribution < 1.29 is 28.4 Å². The first kappa shape index (κ1) is 15.8. The summed E-state index contributed by atoms with van der Waals surface area (Å²) in [5.41, 5.74) is 0. The summed E-state index contributed by atoms with van der Waals surface area (Å²) in [6.07, 6.45) is 0.325. The third kappa shape index (κ3) is 10.9. The lowest BCUT2D eigenvalue weighted by atomic mass is 10.5. The van der Waals surface area contributed by atoms with E-state index in [4.69, 9.17) is 28.4 Å². The molecule has 1 aliphatic rings. The van der Waals surface area contributed by atoms with Crippen molar-refractivity contribution in [2.45, 2.75) is 6.10 Å². The molecule has 6 nitrogen and oxygen atoms in total. The van der Waals surface area contributed by atoms with E-state index in [9.17, 15) is 0 Å². The highest BCUT2D eigenvalue weighted by Gasteiger charge is 2.21. The summed E-state index contributed by atoms with van der Waals surface area (Å²) in [4.78, 5) is 0. The highest BCUT2D eigenvalue weighted by molar-refractivity contribution is 4.66. The normalized spacial score (nSPS) is 18.2. The second-order valence-corrected chi connectivity index (χ2v) is 3.86. The first-order valence-electron chi connectivity index (χ1n) is 6.35. The number of hydrogen-bond donors (Lipinski definition) is 0. The highest BCUT2D eigenvalue weighted by Crippen LogP contribution is 2.07. The van der Waals surface area contributed by atoms with E-state index in [1.165, 1.54) is 0 Å². The topological polar surface area (TPSA) is 58.7 Å². The number of epoxide rings is 1. The van der Waals surface area contributed by atoms with Crippen LogP contribution in [0.1, 0.15) is 0 Å². The van der Waals surface area contributed by atoms with Gasteiger partial charge >= 0.3 is 0 Å². The maximum absolute atomic E-state index is 5.33. The van der Waals surface area contributed by atoms with Gasteiger partial charge in [0.25, 0.3) is 0 Å². The van der Waals surface area contributed by atoms with Gasteiger partial charge in [0.2, 0.25) is 0 Å². The van der Waals surface area contributed by atoms with Crippen molar-refractivity contribution in [1.29, 1.82) is 0 Å². The number of ether oxygens (including phenoxy) is 6. The van der Waals surface area contributed by atoms with Gasteiger partial charge in [0.1, 0.15) is 6.10 Å². The Labute approximate surface area is 108 Å². The van der Waals surface area contributed by atoms with Crippen LogP contribution in [0.25, 0.3) is 0 Å². The molecule has 6 heteroatoms. The molecule has 1 fully saturated rings. The van der Waals surface area contributed by atoms with Gasteiger partial charge in [-0.2, -0.15) is 0 Å². The Morgan fingerprint density at radius 1 is 0.778 bits per heavy atom. The Bertz CT molecular complexity index is 174. The second kappa shape index (κ2) is 11.8. The molecule has 0 aromatic heterocycles. The van der Waals surface area contributed by atoms with E-state index < -0.39 is 0 Å². The summed E-state index contributed by atoms with van der Waals surface area (Å²) in [5.74, 6) is 0. The second-order valence-electron chi connectivity index (χ2n) is 3.86. The van der Waals surface area contributed by atoms with E-state index in [1.54, 1.807) is 7.11 Å². The number of rotatable bonds is 14. The van der Waals surface area contributed by atoms with Gasteiger partial charge in [0, 0.05) is 7.11 Å². The Hall–Kier alpha value is -0.240. The van der Waals surface area contributed by atoms with Crippen molar-refractivity contribution in [3.63, 3.8) is 0 Å². The lowest BCUT2D eigenvalue weighted by Gasteiger charge is -2.06. The maximum Gasteiger partial charge on any atom is 0.104 e. The van der Waals surface area contributed by atoms with Gasteiger partial charge in [0.05, 0.1) is 66.1 Å². The molecule has 0 aromatic rings. The Morgan fingerprint density at radius 2 is 1.22 bits per heavy atom. The first-order valence-corrected chi connectivity index (χ1v) is 6.35. The number of hydrogen-bond acceptors (Lipinski definition) is 6. The zero-order chi connectivity index (χ0) is 12.9. The summed E-state index contributed by atoms with van der Waals surface area (Å²) in [5, 5.41) is 0. The van der Waals surface area contributed by atoms with Crippen LogP contribution in [0.15, 0.2) is 0 Å². The van der Waals surface area contributed by atoms with E-state index in [2.05, 4.69) is 0 Å². The van der Waals surface area contributed by atoms with Crippen LogP contribution >= 0.6 is 0 Å². The van der Waals surface area contributed by atoms with Crippen molar-refractivity contribution in [1.82, 2.24) is 0 Å². The molecule has 0 spiro atoms. The van der Waals surface area contributed by atoms with Crippen LogP contribution in [0.5, 0.6) is 0 Å². The smallest absolute Gasteiger partial charge is 0.104 e.